The summed E-state index contributed by atoms with van der Waals surface area (Å²) in [5.74, 6) is 1.25. The van der Waals surface area contributed by atoms with Gasteiger partial charge in [0.05, 0.1) is 12.7 Å². The van der Waals surface area contributed by atoms with Gasteiger partial charge in [0.15, 0.2) is 0 Å². The number of ether oxygens (including phenoxy) is 1. The summed E-state index contributed by atoms with van der Waals surface area (Å²) in [6.45, 7) is 8.69. The summed E-state index contributed by atoms with van der Waals surface area (Å²) in [5.41, 5.74) is 3.93. The topological polar surface area (TPSA) is 111 Å². The third kappa shape index (κ3) is 6.72. The minimum atomic E-state index is -0.640. The van der Waals surface area contributed by atoms with Gasteiger partial charge in [0, 0.05) is 63.8 Å². The zero-order chi connectivity index (χ0) is 26.1. The molecular formula is C26H36N6O4. The summed E-state index contributed by atoms with van der Waals surface area (Å²) in [4.78, 5) is 38.8. The van der Waals surface area contributed by atoms with Gasteiger partial charge in [-0.25, -0.2) is 15.4 Å². The molecule has 0 saturated carbocycles. The second-order valence-corrected chi connectivity index (χ2v) is 8.87. The SMILES string of the molecule is C=CN(C)c1cc(OC)ccc1CCN(CC1CCN(c2ncc(C(=O)NO)cn2)CC1)C(=O)CC. The first-order valence-electron chi connectivity index (χ1n) is 12.2. The fraction of sp³-hybridized carbons (Fsp3) is 0.462. The lowest BCUT2D eigenvalue weighted by molar-refractivity contribution is -0.131. The van der Waals surface area contributed by atoms with E-state index in [1.54, 1.807) is 18.8 Å². The standard InChI is InChI=1S/C26H36N6O4/c1-5-24(33)32(14-11-20-7-8-22(36-4)15-23(20)30(3)6-2)18-19-9-12-31(13-10-19)26-27-16-21(17-28-26)25(34)29-35/h6-8,15-17,19,35H,2,5,9-14,18H2,1,3-4H3,(H,29,34). The van der Waals surface area contributed by atoms with E-state index >= 15 is 0 Å². The molecule has 2 aromatic rings. The Hall–Kier alpha value is -3.66. The third-order valence-corrected chi connectivity index (χ3v) is 6.63. The number of amides is 2. The Morgan fingerprint density at radius 1 is 1.28 bits per heavy atom. The first kappa shape index (κ1) is 26.9. The molecule has 0 unspecified atom stereocenters. The molecule has 2 heterocycles. The van der Waals surface area contributed by atoms with E-state index in [1.165, 1.54) is 12.4 Å². The number of methoxy groups -OCH3 is 1. The molecule has 36 heavy (non-hydrogen) atoms. The molecule has 1 aromatic carbocycles. The molecule has 0 atom stereocenters. The van der Waals surface area contributed by atoms with Gasteiger partial charge >= 0.3 is 0 Å². The summed E-state index contributed by atoms with van der Waals surface area (Å²) in [7, 11) is 3.60. The molecule has 1 saturated heterocycles. The molecule has 0 bridgehead atoms. The highest BCUT2D eigenvalue weighted by Crippen LogP contribution is 2.27. The molecule has 1 fully saturated rings. The molecule has 0 spiro atoms. The van der Waals surface area contributed by atoms with Crippen LogP contribution in [0.4, 0.5) is 11.6 Å². The highest BCUT2D eigenvalue weighted by molar-refractivity contribution is 5.92. The Kier molecular flexibility index (Phi) is 9.63. The van der Waals surface area contributed by atoms with Gasteiger partial charge in [-0.05, 0) is 43.0 Å². The van der Waals surface area contributed by atoms with Crippen LogP contribution >= 0.6 is 0 Å². The van der Waals surface area contributed by atoms with Crippen molar-refractivity contribution in [3.63, 3.8) is 0 Å². The van der Waals surface area contributed by atoms with Crippen LogP contribution in [0, 0.1) is 5.92 Å². The van der Waals surface area contributed by atoms with Crippen LogP contribution < -0.4 is 20.0 Å². The Morgan fingerprint density at radius 3 is 2.56 bits per heavy atom. The molecule has 1 aliphatic rings. The van der Waals surface area contributed by atoms with Gasteiger partial charge in [0.1, 0.15) is 5.75 Å². The van der Waals surface area contributed by atoms with E-state index in [9.17, 15) is 9.59 Å². The molecule has 2 N–H and O–H groups in total. The number of anilines is 2. The van der Waals surface area contributed by atoms with Gasteiger partial charge in [0.25, 0.3) is 5.91 Å². The second-order valence-electron chi connectivity index (χ2n) is 8.87. The van der Waals surface area contributed by atoms with E-state index in [-0.39, 0.29) is 11.5 Å². The number of hydrogen-bond donors (Lipinski definition) is 2. The number of aromatic nitrogens is 2. The van der Waals surface area contributed by atoms with Crippen molar-refractivity contribution in [2.45, 2.75) is 32.6 Å². The maximum atomic E-state index is 12.8. The van der Waals surface area contributed by atoms with Crippen molar-refractivity contribution < 1.29 is 19.5 Å². The lowest BCUT2D eigenvalue weighted by Gasteiger charge is -2.35. The Morgan fingerprint density at radius 2 is 1.97 bits per heavy atom. The number of nitrogens with one attached hydrogen (secondary N) is 1. The molecule has 10 heteroatoms. The van der Waals surface area contributed by atoms with Crippen molar-refractivity contribution in [2.24, 2.45) is 5.92 Å². The van der Waals surface area contributed by atoms with Crippen LogP contribution in [0.5, 0.6) is 5.75 Å². The van der Waals surface area contributed by atoms with Gasteiger partial charge in [-0.2, -0.15) is 0 Å². The molecule has 1 aliphatic heterocycles. The summed E-state index contributed by atoms with van der Waals surface area (Å²) < 4.78 is 5.38. The van der Waals surface area contributed by atoms with Gasteiger partial charge in [0.2, 0.25) is 11.9 Å². The minimum Gasteiger partial charge on any atom is -0.497 e. The predicted molar refractivity (Wildman–Crippen MR) is 138 cm³/mol. The number of carbonyl (C=O) groups is 2. The normalized spacial score (nSPS) is 13.7. The highest BCUT2D eigenvalue weighted by atomic mass is 16.5. The highest BCUT2D eigenvalue weighted by Gasteiger charge is 2.25. The quantitative estimate of drug-likeness (QED) is 0.361. The molecule has 10 nitrogen and oxygen atoms in total. The van der Waals surface area contributed by atoms with Gasteiger partial charge in [-0.3, -0.25) is 14.8 Å². The van der Waals surface area contributed by atoms with Gasteiger partial charge < -0.3 is 19.4 Å². The van der Waals surface area contributed by atoms with E-state index in [0.717, 1.165) is 55.9 Å². The van der Waals surface area contributed by atoms with Crippen LogP contribution in [0.3, 0.4) is 0 Å². The fourth-order valence-corrected chi connectivity index (χ4v) is 4.40. The summed E-state index contributed by atoms with van der Waals surface area (Å²) in [5, 5.41) is 8.73. The van der Waals surface area contributed by atoms with Crippen molar-refractivity contribution in [1.82, 2.24) is 20.3 Å². The van der Waals surface area contributed by atoms with E-state index in [4.69, 9.17) is 9.94 Å². The number of benzene rings is 1. The first-order chi connectivity index (χ1) is 17.4. The van der Waals surface area contributed by atoms with E-state index in [1.807, 2.05) is 35.9 Å². The van der Waals surface area contributed by atoms with Crippen LogP contribution in [0.2, 0.25) is 0 Å². The van der Waals surface area contributed by atoms with Crippen molar-refractivity contribution in [3.05, 3.63) is 54.5 Å². The maximum Gasteiger partial charge on any atom is 0.277 e. The molecule has 0 radical (unpaired) electrons. The fourth-order valence-electron chi connectivity index (χ4n) is 4.40. The Labute approximate surface area is 212 Å². The smallest absolute Gasteiger partial charge is 0.277 e. The molecule has 2 amide bonds. The monoisotopic (exact) mass is 496 g/mol. The second kappa shape index (κ2) is 12.9. The molecular weight excluding hydrogens is 460 g/mol. The maximum absolute atomic E-state index is 12.8. The van der Waals surface area contributed by atoms with Crippen LogP contribution in [0.15, 0.2) is 43.4 Å². The van der Waals surface area contributed by atoms with Crippen LogP contribution in [0.1, 0.15) is 42.1 Å². The largest absolute Gasteiger partial charge is 0.497 e. The lowest BCUT2D eigenvalue weighted by atomic mass is 9.96. The average Bonchev–Trinajstić information content (AvgIpc) is 2.94. The summed E-state index contributed by atoms with van der Waals surface area (Å²) >= 11 is 0. The molecule has 1 aromatic heterocycles. The summed E-state index contributed by atoms with van der Waals surface area (Å²) in [6.07, 6.45) is 7.62. The molecule has 194 valence electrons. The average molecular weight is 497 g/mol. The summed E-state index contributed by atoms with van der Waals surface area (Å²) in [6, 6.07) is 5.99. The van der Waals surface area contributed by atoms with Crippen molar-refractivity contribution in [2.75, 3.05) is 50.1 Å². The Bertz CT molecular complexity index is 1040. The lowest BCUT2D eigenvalue weighted by Crippen LogP contribution is -2.42. The van der Waals surface area contributed by atoms with E-state index < -0.39 is 5.91 Å². The number of piperidine rings is 1. The van der Waals surface area contributed by atoms with Crippen LogP contribution in [-0.4, -0.2) is 72.2 Å². The number of rotatable bonds is 11. The van der Waals surface area contributed by atoms with Crippen molar-refractivity contribution in [3.8, 4) is 5.75 Å². The van der Waals surface area contributed by atoms with Crippen molar-refractivity contribution >= 4 is 23.5 Å². The zero-order valence-corrected chi connectivity index (χ0v) is 21.3. The van der Waals surface area contributed by atoms with Gasteiger partial charge in [-0.15, -0.1) is 0 Å². The zero-order valence-electron chi connectivity index (χ0n) is 21.3. The first-order valence-corrected chi connectivity index (χ1v) is 12.2. The Balaban J connectivity index is 1.60. The minimum absolute atomic E-state index is 0.158. The number of hydrogen-bond acceptors (Lipinski definition) is 8. The third-order valence-electron chi connectivity index (χ3n) is 6.63. The molecule has 0 aliphatic carbocycles. The van der Waals surface area contributed by atoms with E-state index in [0.29, 0.717) is 24.8 Å². The molecule has 3 rings (SSSR count). The number of carbonyl (C=O) groups excluding carboxylic acids is 2. The number of nitrogens with zero attached hydrogens (tertiary/aromatic N) is 5. The number of hydroxylamine groups is 1. The van der Waals surface area contributed by atoms with Gasteiger partial charge in [-0.1, -0.05) is 19.6 Å². The van der Waals surface area contributed by atoms with Crippen molar-refractivity contribution in [1.29, 1.82) is 0 Å². The van der Waals surface area contributed by atoms with Crippen LogP contribution in [-0.2, 0) is 11.2 Å². The van der Waals surface area contributed by atoms with Crippen LogP contribution in [0.25, 0.3) is 0 Å². The predicted octanol–water partition coefficient (Wildman–Crippen LogP) is 2.88. The van der Waals surface area contributed by atoms with E-state index in [2.05, 4.69) is 27.5 Å².